The second-order valence-corrected chi connectivity index (χ2v) is 18.5. The van der Waals surface area contributed by atoms with E-state index in [1.54, 1.807) is 0 Å². The SMILES string of the molecule is C[Si](C)(C)OP(=O)(O[Si](C)(C)C)C1CCCCN1. The van der Waals surface area contributed by atoms with E-state index in [2.05, 4.69) is 44.6 Å². The molecule has 108 valence electrons. The summed E-state index contributed by atoms with van der Waals surface area (Å²) in [7, 11) is -6.79. The molecule has 7 heteroatoms. The van der Waals surface area contributed by atoms with Gasteiger partial charge in [0, 0.05) is 0 Å². The average molecular weight is 309 g/mol. The molecule has 1 atom stereocenters. The molecule has 1 heterocycles. The molecule has 1 aliphatic rings. The van der Waals surface area contributed by atoms with Crippen molar-refractivity contribution < 1.29 is 13.0 Å². The lowest BCUT2D eigenvalue weighted by Gasteiger charge is -2.37. The van der Waals surface area contributed by atoms with Gasteiger partial charge in [-0.3, -0.25) is 4.57 Å². The van der Waals surface area contributed by atoms with Crippen LogP contribution in [0.1, 0.15) is 19.3 Å². The largest absolute Gasteiger partial charge is 0.350 e. The summed E-state index contributed by atoms with van der Waals surface area (Å²) in [5.41, 5.74) is 0. The highest BCUT2D eigenvalue weighted by atomic mass is 31.2. The standard InChI is InChI=1S/C11H28NO3PSi2/c1-17(2,3)14-16(13,15-18(4,5)6)11-9-7-8-10-12-11/h11-12H,7-10H2,1-6H3. The lowest BCUT2D eigenvalue weighted by Crippen LogP contribution is -2.40. The quantitative estimate of drug-likeness (QED) is 0.616. The van der Waals surface area contributed by atoms with Gasteiger partial charge in [-0.1, -0.05) is 0 Å². The van der Waals surface area contributed by atoms with Crippen LogP contribution in [0.3, 0.4) is 0 Å². The van der Waals surface area contributed by atoms with E-state index in [-0.39, 0.29) is 5.78 Å². The second kappa shape index (κ2) is 5.89. The van der Waals surface area contributed by atoms with Crippen molar-refractivity contribution in [2.24, 2.45) is 0 Å². The van der Waals surface area contributed by atoms with Gasteiger partial charge in [-0.2, -0.15) is 0 Å². The summed E-state index contributed by atoms with van der Waals surface area (Å²) < 4.78 is 25.1. The molecule has 0 bridgehead atoms. The summed E-state index contributed by atoms with van der Waals surface area (Å²) in [5, 5.41) is 3.34. The van der Waals surface area contributed by atoms with E-state index in [9.17, 15) is 4.57 Å². The number of hydrogen-bond donors (Lipinski definition) is 1. The van der Waals surface area contributed by atoms with E-state index >= 15 is 0 Å². The molecule has 1 saturated heterocycles. The molecule has 0 saturated carbocycles. The second-order valence-electron chi connectivity index (χ2n) is 6.91. The molecule has 0 radical (unpaired) electrons. The third-order valence-electron chi connectivity index (χ3n) is 2.47. The Hall–Kier alpha value is 0.544. The van der Waals surface area contributed by atoms with Crippen LogP contribution in [0.5, 0.6) is 0 Å². The first kappa shape index (κ1) is 16.6. The number of hydrogen-bond acceptors (Lipinski definition) is 4. The van der Waals surface area contributed by atoms with Gasteiger partial charge in [0.15, 0.2) is 16.6 Å². The topological polar surface area (TPSA) is 47.6 Å². The van der Waals surface area contributed by atoms with Gasteiger partial charge in [-0.25, -0.2) is 0 Å². The summed E-state index contributed by atoms with van der Waals surface area (Å²) in [6, 6.07) is 0. The normalized spacial score (nSPS) is 23.1. The van der Waals surface area contributed by atoms with Crippen LogP contribution in [0, 0.1) is 0 Å². The van der Waals surface area contributed by atoms with Gasteiger partial charge >= 0.3 is 7.60 Å². The maximum Gasteiger partial charge on any atom is 0.328 e. The van der Waals surface area contributed by atoms with Crippen LogP contribution in [-0.4, -0.2) is 29.0 Å². The molecule has 18 heavy (non-hydrogen) atoms. The summed E-state index contributed by atoms with van der Waals surface area (Å²) >= 11 is 0. The van der Waals surface area contributed by atoms with Gasteiger partial charge in [-0.15, -0.1) is 0 Å². The molecular weight excluding hydrogens is 281 g/mol. The van der Waals surface area contributed by atoms with E-state index in [1.807, 2.05) is 0 Å². The fourth-order valence-corrected chi connectivity index (χ4v) is 10.5. The van der Waals surface area contributed by atoms with Gasteiger partial charge in [0.05, 0.1) is 0 Å². The zero-order valence-electron chi connectivity index (χ0n) is 12.6. The summed E-state index contributed by atoms with van der Waals surface area (Å²) in [6.07, 6.45) is 3.15. The number of nitrogens with one attached hydrogen (secondary N) is 1. The first-order valence-corrected chi connectivity index (χ1v) is 15.2. The fourth-order valence-electron chi connectivity index (χ4n) is 2.01. The van der Waals surface area contributed by atoms with Crippen LogP contribution in [0.4, 0.5) is 0 Å². The van der Waals surface area contributed by atoms with Crippen molar-refractivity contribution in [1.29, 1.82) is 0 Å². The predicted molar refractivity (Wildman–Crippen MR) is 82.1 cm³/mol. The van der Waals surface area contributed by atoms with Crippen LogP contribution in [0.15, 0.2) is 0 Å². The van der Waals surface area contributed by atoms with Crippen molar-refractivity contribution in [3.63, 3.8) is 0 Å². The van der Waals surface area contributed by atoms with Crippen LogP contribution in [-0.2, 0) is 13.0 Å². The van der Waals surface area contributed by atoms with Gasteiger partial charge in [-0.05, 0) is 65.1 Å². The third-order valence-corrected chi connectivity index (χ3v) is 10.1. The predicted octanol–water partition coefficient (Wildman–Crippen LogP) is 3.98. The highest BCUT2D eigenvalue weighted by Gasteiger charge is 2.43. The van der Waals surface area contributed by atoms with Gasteiger partial charge in [0.1, 0.15) is 5.78 Å². The molecule has 1 fully saturated rings. The smallest absolute Gasteiger partial charge is 0.328 e. The molecule has 0 amide bonds. The van der Waals surface area contributed by atoms with E-state index in [0.29, 0.717) is 0 Å². The highest BCUT2D eigenvalue weighted by molar-refractivity contribution is 7.57. The zero-order chi connectivity index (χ0) is 14.0. The minimum atomic E-state index is -3.03. The molecule has 1 aliphatic heterocycles. The van der Waals surface area contributed by atoms with Crippen molar-refractivity contribution in [2.45, 2.75) is 64.3 Å². The average Bonchev–Trinajstić information content (AvgIpc) is 2.13. The molecule has 0 aliphatic carbocycles. The van der Waals surface area contributed by atoms with Crippen molar-refractivity contribution in [3.8, 4) is 0 Å². The van der Waals surface area contributed by atoms with Crippen LogP contribution in [0.25, 0.3) is 0 Å². The van der Waals surface area contributed by atoms with Gasteiger partial charge in [0.2, 0.25) is 0 Å². The molecule has 1 rings (SSSR count). The summed E-state index contributed by atoms with van der Waals surface area (Å²) in [6.45, 7) is 13.3. The fraction of sp³-hybridized carbons (Fsp3) is 1.00. The Morgan fingerprint density at radius 2 is 1.50 bits per heavy atom. The Morgan fingerprint density at radius 1 is 1.00 bits per heavy atom. The van der Waals surface area contributed by atoms with E-state index < -0.39 is 24.2 Å². The Morgan fingerprint density at radius 3 is 1.83 bits per heavy atom. The maximum atomic E-state index is 13.2. The highest BCUT2D eigenvalue weighted by Crippen LogP contribution is 2.57. The molecule has 0 aromatic rings. The maximum absolute atomic E-state index is 13.2. The van der Waals surface area contributed by atoms with Crippen LogP contribution in [0.2, 0.25) is 39.3 Å². The summed E-state index contributed by atoms with van der Waals surface area (Å²) in [4.78, 5) is 0. The molecule has 1 unspecified atom stereocenters. The lowest BCUT2D eigenvalue weighted by atomic mass is 10.2. The zero-order valence-corrected chi connectivity index (χ0v) is 15.5. The number of rotatable bonds is 5. The molecule has 0 spiro atoms. The monoisotopic (exact) mass is 309 g/mol. The molecular formula is C11H28NO3PSi2. The number of piperidine rings is 1. The van der Waals surface area contributed by atoms with E-state index in [1.165, 1.54) is 0 Å². The summed E-state index contributed by atoms with van der Waals surface area (Å²) in [5.74, 6) is -0.107. The van der Waals surface area contributed by atoms with Crippen molar-refractivity contribution >= 4 is 24.2 Å². The van der Waals surface area contributed by atoms with Gasteiger partial charge in [0.25, 0.3) is 0 Å². The molecule has 1 N–H and O–H groups in total. The molecule has 0 aromatic heterocycles. The van der Waals surface area contributed by atoms with E-state index in [0.717, 1.165) is 25.8 Å². The minimum Gasteiger partial charge on any atom is -0.350 e. The molecule has 0 aromatic carbocycles. The molecule has 4 nitrogen and oxygen atoms in total. The van der Waals surface area contributed by atoms with Crippen molar-refractivity contribution in [3.05, 3.63) is 0 Å². The Balaban J connectivity index is 2.89. The van der Waals surface area contributed by atoms with Crippen LogP contribution < -0.4 is 5.32 Å². The first-order valence-electron chi connectivity index (χ1n) is 6.76. The van der Waals surface area contributed by atoms with E-state index in [4.69, 9.17) is 8.43 Å². The Labute approximate surface area is 114 Å². The van der Waals surface area contributed by atoms with Crippen molar-refractivity contribution in [1.82, 2.24) is 5.32 Å². The lowest BCUT2D eigenvalue weighted by molar-refractivity contribution is 0.337. The third kappa shape index (κ3) is 5.67. The van der Waals surface area contributed by atoms with Gasteiger partial charge < -0.3 is 13.7 Å². The van der Waals surface area contributed by atoms with Crippen molar-refractivity contribution in [2.75, 3.05) is 6.54 Å². The van der Waals surface area contributed by atoms with Crippen LogP contribution >= 0.6 is 7.60 Å². The minimum absolute atomic E-state index is 0.107. The Kier molecular flexibility index (Phi) is 5.43. The Bertz CT molecular complexity index is 299. The first-order chi connectivity index (χ1) is 8.02.